The number of aryl methyl sites for hydroxylation is 2. The van der Waals surface area contributed by atoms with Crippen LogP contribution in [0.2, 0.25) is 0 Å². The van der Waals surface area contributed by atoms with Crippen LogP contribution in [0.15, 0.2) is 109 Å². The van der Waals surface area contributed by atoms with Gasteiger partial charge in [-0.25, -0.2) is 0 Å². The first-order valence-electron chi connectivity index (χ1n) is 13.8. The number of hydrogen-bond acceptors (Lipinski definition) is 2. The number of fused-ring (bicyclic) bond motifs is 3. The van der Waals surface area contributed by atoms with Crippen molar-refractivity contribution in [2.75, 3.05) is 0 Å². The van der Waals surface area contributed by atoms with Gasteiger partial charge in [0.1, 0.15) is 0 Å². The zero-order chi connectivity index (χ0) is 26.5. The Hall–Kier alpha value is -5.08. The molecule has 0 aliphatic heterocycles. The van der Waals surface area contributed by atoms with Gasteiger partial charge in [-0.15, -0.1) is 0 Å². The summed E-state index contributed by atoms with van der Waals surface area (Å²) in [6, 6.07) is 39.8. The van der Waals surface area contributed by atoms with Crippen LogP contribution >= 0.6 is 0 Å². The smallest absolute Gasteiger partial charge is 0.0705 e. The van der Waals surface area contributed by atoms with Crippen molar-refractivity contribution in [1.82, 2.24) is 9.97 Å². The molecule has 2 heterocycles. The highest BCUT2D eigenvalue weighted by Gasteiger charge is 2.24. The van der Waals surface area contributed by atoms with Crippen molar-refractivity contribution < 1.29 is 0 Å². The molecule has 186 valence electrons. The SMILES string of the molecule is Cc1nc2ccccc2cc1-c1ccc2c3c1ccc1ccc4c(-c5cc6ccccc6nc5C)ccc-2c4c13. The van der Waals surface area contributed by atoms with Gasteiger partial charge in [0.15, 0.2) is 0 Å². The molecular weight excluding hydrogens is 484 g/mol. The molecule has 0 N–H and O–H groups in total. The summed E-state index contributed by atoms with van der Waals surface area (Å²) in [7, 11) is 0. The van der Waals surface area contributed by atoms with E-state index in [-0.39, 0.29) is 0 Å². The lowest BCUT2D eigenvalue weighted by Gasteiger charge is -2.13. The predicted octanol–water partition coefficient (Wildman–Crippen LogP) is 10.2. The molecule has 0 saturated heterocycles. The van der Waals surface area contributed by atoms with Gasteiger partial charge in [0, 0.05) is 33.3 Å². The van der Waals surface area contributed by atoms with E-state index in [9.17, 15) is 0 Å². The molecule has 8 aromatic rings. The first kappa shape index (κ1) is 21.8. The molecule has 0 radical (unpaired) electrons. The summed E-state index contributed by atoms with van der Waals surface area (Å²) < 4.78 is 0. The number of para-hydroxylation sites is 2. The minimum Gasteiger partial charge on any atom is -0.252 e. The van der Waals surface area contributed by atoms with Crippen LogP contribution in [0, 0.1) is 13.8 Å². The monoisotopic (exact) mass is 508 g/mol. The molecule has 0 bridgehead atoms. The molecule has 0 saturated carbocycles. The van der Waals surface area contributed by atoms with Crippen LogP contribution < -0.4 is 0 Å². The Bertz CT molecular complexity index is 2230. The quantitative estimate of drug-likeness (QED) is 0.217. The number of nitrogens with zero attached hydrogens (tertiary/aromatic N) is 2. The molecule has 2 aromatic heterocycles. The maximum atomic E-state index is 4.96. The summed E-state index contributed by atoms with van der Waals surface area (Å²) in [5.41, 5.74) is 11.7. The number of pyridine rings is 2. The molecule has 0 spiro atoms. The number of hydrogen-bond donors (Lipinski definition) is 0. The van der Waals surface area contributed by atoms with Crippen molar-refractivity contribution in [1.29, 1.82) is 0 Å². The molecule has 0 fully saturated rings. The third-order valence-electron chi connectivity index (χ3n) is 8.84. The molecule has 0 atom stereocenters. The summed E-state index contributed by atoms with van der Waals surface area (Å²) in [4.78, 5) is 9.92. The first-order chi connectivity index (χ1) is 19.7. The third-order valence-corrected chi connectivity index (χ3v) is 8.84. The van der Waals surface area contributed by atoms with Gasteiger partial charge in [-0.2, -0.15) is 0 Å². The zero-order valence-corrected chi connectivity index (χ0v) is 22.3. The van der Waals surface area contributed by atoms with E-state index in [1.54, 1.807) is 0 Å². The average molecular weight is 509 g/mol. The molecule has 9 rings (SSSR count). The Morgan fingerprint density at radius 1 is 0.375 bits per heavy atom. The fourth-order valence-corrected chi connectivity index (χ4v) is 6.99. The van der Waals surface area contributed by atoms with Crippen LogP contribution in [-0.2, 0) is 0 Å². The van der Waals surface area contributed by atoms with Crippen molar-refractivity contribution >= 4 is 54.1 Å². The van der Waals surface area contributed by atoms with E-state index in [2.05, 4.69) is 123 Å². The molecule has 2 heteroatoms. The second-order valence-corrected chi connectivity index (χ2v) is 11.0. The first-order valence-corrected chi connectivity index (χ1v) is 13.8. The number of rotatable bonds is 2. The fraction of sp³-hybridized carbons (Fsp3) is 0.0526. The summed E-state index contributed by atoms with van der Waals surface area (Å²) in [5, 5.41) is 10.3. The van der Waals surface area contributed by atoms with Crippen LogP contribution in [0.5, 0.6) is 0 Å². The number of benzene rings is 6. The van der Waals surface area contributed by atoms with Crippen LogP contribution in [-0.4, -0.2) is 9.97 Å². The normalized spacial score (nSPS) is 12.2. The van der Waals surface area contributed by atoms with E-state index in [4.69, 9.17) is 9.97 Å². The Morgan fingerprint density at radius 3 is 1.32 bits per heavy atom. The maximum Gasteiger partial charge on any atom is 0.0705 e. The van der Waals surface area contributed by atoms with Gasteiger partial charge in [0.05, 0.1) is 11.0 Å². The lowest BCUT2D eigenvalue weighted by Crippen LogP contribution is -1.91. The van der Waals surface area contributed by atoms with E-state index in [1.165, 1.54) is 76.5 Å². The molecule has 1 aliphatic carbocycles. The second-order valence-electron chi connectivity index (χ2n) is 11.0. The van der Waals surface area contributed by atoms with Crippen molar-refractivity contribution in [2.45, 2.75) is 13.8 Å². The molecule has 0 amide bonds. The van der Waals surface area contributed by atoms with E-state index in [0.29, 0.717) is 0 Å². The van der Waals surface area contributed by atoms with Gasteiger partial charge < -0.3 is 0 Å². The van der Waals surface area contributed by atoms with Gasteiger partial charge in [-0.05, 0) is 92.7 Å². The van der Waals surface area contributed by atoms with Crippen molar-refractivity contribution in [2.24, 2.45) is 0 Å². The summed E-state index contributed by atoms with van der Waals surface area (Å²) in [6.07, 6.45) is 0. The summed E-state index contributed by atoms with van der Waals surface area (Å²) in [6.45, 7) is 4.25. The maximum absolute atomic E-state index is 4.96. The Balaban J connectivity index is 1.35. The molecule has 1 aliphatic rings. The van der Waals surface area contributed by atoms with Gasteiger partial charge in [0.25, 0.3) is 0 Å². The Labute approximate surface area is 231 Å². The van der Waals surface area contributed by atoms with Crippen LogP contribution in [0.4, 0.5) is 0 Å². The van der Waals surface area contributed by atoms with Gasteiger partial charge >= 0.3 is 0 Å². The van der Waals surface area contributed by atoms with Crippen LogP contribution in [0.25, 0.3) is 87.5 Å². The van der Waals surface area contributed by atoms with Crippen LogP contribution in [0.1, 0.15) is 11.4 Å². The molecule has 6 aromatic carbocycles. The van der Waals surface area contributed by atoms with E-state index in [0.717, 1.165) is 22.4 Å². The van der Waals surface area contributed by atoms with E-state index < -0.39 is 0 Å². The summed E-state index contributed by atoms with van der Waals surface area (Å²) >= 11 is 0. The second kappa shape index (κ2) is 7.74. The fourth-order valence-electron chi connectivity index (χ4n) is 6.99. The van der Waals surface area contributed by atoms with Crippen LogP contribution in [0.3, 0.4) is 0 Å². The summed E-state index contributed by atoms with van der Waals surface area (Å²) in [5.74, 6) is 0. The highest BCUT2D eigenvalue weighted by molar-refractivity contribution is 6.35. The van der Waals surface area contributed by atoms with Crippen molar-refractivity contribution in [3.8, 4) is 33.4 Å². The largest absolute Gasteiger partial charge is 0.252 e. The van der Waals surface area contributed by atoms with E-state index in [1.807, 2.05) is 0 Å². The van der Waals surface area contributed by atoms with Gasteiger partial charge in [-0.1, -0.05) is 84.9 Å². The molecule has 2 nitrogen and oxygen atoms in total. The van der Waals surface area contributed by atoms with Crippen molar-refractivity contribution in [3.63, 3.8) is 0 Å². The lowest BCUT2D eigenvalue weighted by atomic mass is 9.92. The molecule has 40 heavy (non-hydrogen) atoms. The predicted molar refractivity (Wildman–Crippen MR) is 169 cm³/mol. The lowest BCUT2D eigenvalue weighted by molar-refractivity contribution is 1.26. The molecular formula is C38H24N2. The minimum atomic E-state index is 1.04. The Morgan fingerprint density at radius 2 is 0.825 bits per heavy atom. The van der Waals surface area contributed by atoms with Crippen molar-refractivity contribution in [3.05, 3.63) is 121 Å². The number of aromatic nitrogens is 2. The minimum absolute atomic E-state index is 1.04. The standard InChI is InChI=1S/C38H24N2/c1-21-32(19-24-7-3-5-9-34(24)39-21)26-15-17-30-31-18-16-27(33-20-25-8-4-6-10-35(25)40-22(33)2)29-14-12-23-11-13-28(26)37(30)36(23)38(29)31/h3-20H,1-2H3. The Kier molecular flexibility index (Phi) is 4.22. The topological polar surface area (TPSA) is 25.8 Å². The van der Waals surface area contributed by atoms with Gasteiger partial charge in [-0.3, -0.25) is 9.97 Å². The highest BCUT2D eigenvalue weighted by atomic mass is 14.7. The third kappa shape index (κ3) is 2.83. The van der Waals surface area contributed by atoms with Gasteiger partial charge in [0.2, 0.25) is 0 Å². The average Bonchev–Trinajstić information content (AvgIpc) is 3.33. The highest BCUT2D eigenvalue weighted by Crippen LogP contribution is 2.51. The molecule has 0 unspecified atom stereocenters. The van der Waals surface area contributed by atoms with E-state index >= 15 is 0 Å². The zero-order valence-electron chi connectivity index (χ0n) is 22.3.